The third-order valence-electron chi connectivity index (χ3n) is 3.13. The number of nitrogens with one attached hydrogen (secondary N) is 1. The second-order valence-corrected chi connectivity index (χ2v) is 6.94. The molecule has 0 radical (unpaired) electrons. The summed E-state index contributed by atoms with van der Waals surface area (Å²) in [6.45, 7) is 6.18. The first kappa shape index (κ1) is 13.9. The van der Waals surface area contributed by atoms with Crippen molar-refractivity contribution >= 4 is 26.7 Å². The normalized spacial score (nSPS) is 12.3. The summed E-state index contributed by atoms with van der Waals surface area (Å²) in [5, 5.41) is 5.18. The minimum absolute atomic E-state index is 0.351. The number of fused-ring (bicyclic) bond motifs is 1. The minimum Gasteiger partial charge on any atom is -0.266 e. The summed E-state index contributed by atoms with van der Waals surface area (Å²) in [6.07, 6.45) is 1.13. The van der Waals surface area contributed by atoms with Gasteiger partial charge in [0.1, 0.15) is 0 Å². The van der Waals surface area contributed by atoms with Crippen LogP contribution in [-0.2, 0) is 17.1 Å². The zero-order chi connectivity index (χ0) is 14.4. The molecular formula is C13H19N3O2S. The van der Waals surface area contributed by atoms with Gasteiger partial charge in [-0.25, -0.2) is 8.42 Å². The molecular weight excluding hydrogens is 262 g/mol. The van der Waals surface area contributed by atoms with E-state index in [0.717, 1.165) is 28.3 Å². The Kier molecular flexibility index (Phi) is 3.30. The lowest BCUT2D eigenvalue weighted by Gasteiger charge is -2.10. The summed E-state index contributed by atoms with van der Waals surface area (Å²) in [4.78, 5) is 0. The smallest absolute Gasteiger partial charge is 0.231 e. The van der Waals surface area contributed by atoms with Gasteiger partial charge in [-0.3, -0.25) is 9.40 Å². The lowest BCUT2D eigenvalue weighted by molar-refractivity contribution is 0.606. The summed E-state index contributed by atoms with van der Waals surface area (Å²) in [7, 11) is -1.50. The molecule has 1 aromatic carbocycles. The third kappa shape index (κ3) is 2.58. The highest BCUT2D eigenvalue weighted by Gasteiger charge is 2.18. The van der Waals surface area contributed by atoms with Gasteiger partial charge in [-0.05, 0) is 24.0 Å². The van der Waals surface area contributed by atoms with Crippen LogP contribution in [-0.4, -0.2) is 24.5 Å². The van der Waals surface area contributed by atoms with Gasteiger partial charge in [0.25, 0.3) is 0 Å². The van der Waals surface area contributed by atoms with E-state index in [1.54, 1.807) is 4.68 Å². The molecule has 0 atom stereocenters. The monoisotopic (exact) mass is 281 g/mol. The zero-order valence-corrected chi connectivity index (χ0v) is 12.7. The molecule has 0 unspecified atom stereocenters. The number of rotatable bonds is 3. The van der Waals surface area contributed by atoms with Gasteiger partial charge in [0, 0.05) is 12.4 Å². The van der Waals surface area contributed by atoms with Crippen molar-refractivity contribution in [3.05, 3.63) is 23.3 Å². The molecule has 1 aromatic heterocycles. The van der Waals surface area contributed by atoms with Crippen molar-refractivity contribution in [3.63, 3.8) is 0 Å². The standard InChI is InChI=1S/C13H19N3O2S/c1-8(2)10-7-6-9(3)11-12(10)16(4)14-13(11)15-19(5,17)18/h6-8H,1-5H3,(H,14,15). The Morgan fingerprint density at radius 2 is 1.95 bits per heavy atom. The summed E-state index contributed by atoms with van der Waals surface area (Å²) in [5.74, 6) is 0.754. The van der Waals surface area contributed by atoms with E-state index in [9.17, 15) is 8.42 Å². The Hall–Kier alpha value is -1.56. The molecule has 0 spiro atoms. The molecule has 0 saturated heterocycles. The zero-order valence-electron chi connectivity index (χ0n) is 11.9. The molecule has 0 aliphatic rings. The van der Waals surface area contributed by atoms with Gasteiger partial charge in [-0.2, -0.15) is 5.10 Å². The van der Waals surface area contributed by atoms with E-state index < -0.39 is 10.0 Å². The lowest BCUT2D eigenvalue weighted by Crippen LogP contribution is -2.10. The molecule has 0 bridgehead atoms. The van der Waals surface area contributed by atoms with Crippen molar-refractivity contribution < 1.29 is 8.42 Å². The van der Waals surface area contributed by atoms with E-state index >= 15 is 0 Å². The first-order chi connectivity index (χ1) is 8.70. The molecule has 0 fully saturated rings. The fraction of sp³-hybridized carbons (Fsp3) is 0.462. The highest BCUT2D eigenvalue weighted by molar-refractivity contribution is 7.92. The number of aryl methyl sites for hydroxylation is 2. The van der Waals surface area contributed by atoms with Gasteiger partial charge in [0.15, 0.2) is 5.82 Å². The molecule has 2 rings (SSSR count). The van der Waals surface area contributed by atoms with Gasteiger partial charge >= 0.3 is 0 Å². The second-order valence-electron chi connectivity index (χ2n) is 5.20. The Morgan fingerprint density at radius 3 is 2.47 bits per heavy atom. The fourth-order valence-corrected chi connectivity index (χ4v) is 2.81. The largest absolute Gasteiger partial charge is 0.266 e. The minimum atomic E-state index is -3.33. The van der Waals surface area contributed by atoms with Crippen LogP contribution in [0.2, 0.25) is 0 Å². The van der Waals surface area contributed by atoms with E-state index in [4.69, 9.17) is 0 Å². The molecule has 2 aromatic rings. The van der Waals surface area contributed by atoms with Crippen LogP contribution in [0.1, 0.15) is 30.9 Å². The number of aromatic nitrogens is 2. The third-order valence-corrected chi connectivity index (χ3v) is 3.70. The average molecular weight is 281 g/mol. The number of nitrogens with zero attached hydrogens (tertiary/aromatic N) is 2. The van der Waals surface area contributed by atoms with Gasteiger partial charge in [0.2, 0.25) is 10.0 Å². The maximum atomic E-state index is 11.4. The van der Waals surface area contributed by atoms with Crippen molar-refractivity contribution in [2.24, 2.45) is 7.05 Å². The Balaban J connectivity index is 2.80. The molecule has 6 heteroatoms. The average Bonchev–Trinajstić information content (AvgIpc) is 2.54. The number of hydrogen-bond donors (Lipinski definition) is 1. The van der Waals surface area contributed by atoms with Crippen molar-refractivity contribution in [1.29, 1.82) is 0 Å². The Bertz CT molecular complexity index is 730. The van der Waals surface area contributed by atoms with Gasteiger partial charge in [-0.15, -0.1) is 0 Å². The molecule has 19 heavy (non-hydrogen) atoms. The van der Waals surface area contributed by atoms with Crippen LogP contribution >= 0.6 is 0 Å². The topological polar surface area (TPSA) is 64.0 Å². The Morgan fingerprint density at radius 1 is 1.32 bits per heavy atom. The van der Waals surface area contributed by atoms with Crippen LogP contribution in [0.25, 0.3) is 10.9 Å². The van der Waals surface area contributed by atoms with Crippen LogP contribution < -0.4 is 4.72 Å². The number of anilines is 1. The molecule has 0 aliphatic heterocycles. The summed E-state index contributed by atoms with van der Waals surface area (Å²) >= 11 is 0. The number of benzene rings is 1. The van der Waals surface area contributed by atoms with Crippen LogP contribution in [0.4, 0.5) is 5.82 Å². The first-order valence-corrected chi connectivity index (χ1v) is 8.04. The van der Waals surface area contributed by atoms with Crippen LogP contribution in [0.15, 0.2) is 12.1 Å². The molecule has 1 heterocycles. The van der Waals surface area contributed by atoms with Gasteiger partial charge < -0.3 is 0 Å². The molecule has 1 N–H and O–H groups in total. The maximum absolute atomic E-state index is 11.4. The second kappa shape index (κ2) is 4.52. The van der Waals surface area contributed by atoms with Crippen LogP contribution in [0.3, 0.4) is 0 Å². The molecule has 0 saturated carbocycles. The lowest BCUT2D eigenvalue weighted by atomic mass is 9.98. The van der Waals surface area contributed by atoms with E-state index in [1.165, 1.54) is 0 Å². The highest BCUT2D eigenvalue weighted by Crippen LogP contribution is 2.32. The van der Waals surface area contributed by atoms with E-state index in [2.05, 4.69) is 29.7 Å². The van der Waals surface area contributed by atoms with E-state index in [0.29, 0.717) is 11.7 Å². The molecule has 5 nitrogen and oxygen atoms in total. The summed E-state index contributed by atoms with van der Waals surface area (Å²) in [6, 6.07) is 4.08. The van der Waals surface area contributed by atoms with Crippen molar-refractivity contribution in [1.82, 2.24) is 9.78 Å². The number of sulfonamides is 1. The quantitative estimate of drug-likeness (QED) is 0.939. The molecule has 104 valence electrons. The van der Waals surface area contributed by atoms with Crippen LogP contribution in [0, 0.1) is 6.92 Å². The van der Waals surface area contributed by atoms with Crippen molar-refractivity contribution in [3.8, 4) is 0 Å². The summed E-state index contributed by atoms with van der Waals surface area (Å²) < 4.78 is 27.1. The van der Waals surface area contributed by atoms with E-state index in [-0.39, 0.29) is 0 Å². The maximum Gasteiger partial charge on any atom is 0.231 e. The van der Waals surface area contributed by atoms with Crippen molar-refractivity contribution in [2.45, 2.75) is 26.7 Å². The highest BCUT2D eigenvalue weighted by atomic mass is 32.2. The predicted octanol–water partition coefficient (Wildman–Crippen LogP) is 2.38. The SMILES string of the molecule is Cc1ccc(C(C)C)c2c1c(NS(C)(=O)=O)nn2C. The van der Waals surface area contributed by atoms with Gasteiger partial charge in [0.05, 0.1) is 11.8 Å². The van der Waals surface area contributed by atoms with E-state index in [1.807, 2.05) is 20.0 Å². The fourth-order valence-electron chi connectivity index (χ4n) is 2.32. The first-order valence-electron chi connectivity index (χ1n) is 6.14. The van der Waals surface area contributed by atoms with Crippen LogP contribution in [0.5, 0.6) is 0 Å². The van der Waals surface area contributed by atoms with Gasteiger partial charge in [-0.1, -0.05) is 26.0 Å². The summed E-state index contributed by atoms with van der Waals surface area (Å²) in [5.41, 5.74) is 3.16. The molecule has 0 aliphatic carbocycles. The Labute approximate surface area is 113 Å². The molecule has 0 amide bonds. The number of hydrogen-bond acceptors (Lipinski definition) is 3. The predicted molar refractivity (Wildman–Crippen MR) is 78.0 cm³/mol. The van der Waals surface area contributed by atoms with Crippen molar-refractivity contribution in [2.75, 3.05) is 11.0 Å².